The summed E-state index contributed by atoms with van der Waals surface area (Å²) in [4.78, 5) is 4.53. The van der Waals surface area contributed by atoms with E-state index in [0.29, 0.717) is 32.0 Å². The van der Waals surface area contributed by atoms with Gasteiger partial charge in [0.05, 0.1) is 18.6 Å². The lowest BCUT2D eigenvalue weighted by Crippen LogP contribution is -2.33. The van der Waals surface area contributed by atoms with Crippen molar-refractivity contribution in [2.45, 2.75) is 32.8 Å². The first kappa shape index (κ1) is 26.2. The van der Waals surface area contributed by atoms with Crippen molar-refractivity contribution in [1.82, 2.24) is 10.0 Å². The average Bonchev–Trinajstić information content (AvgIpc) is 3.15. The number of hydrogen-bond donors (Lipinski definition) is 3. The van der Waals surface area contributed by atoms with Gasteiger partial charge in [0.2, 0.25) is 10.0 Å². The number of sulfonamides is 1. The third kappa shape index (κ3) is 11.4. The molecule has 1 aromatic carbocycles. The van der Waals surface area contributed by atoms with Gasteiger partial charge < -0.3 is 19.8 Å². The van der Waals surface area contributed by atoms with E-state index in [1.165, 1.54) is 0 Å². The summed E-state index contributed by atoms with van der Waals surface area (Å²) in [6, 6.07) is 11.4. The van der Waals surface area contributed by atoms with Gasteiger partial charge in [-0.05, 0) is 56.7 Å². The summed E-state index contributed by atoms with van der Waals surface area (Å²) < 4.78 is 35.7. The molecule has 0 aliphatic carbocycles. The highest BCUT2D eigenvalue weighted by molar-refractivity contribution is 14.0. The maximum absolute atomic E-state index is 11.1. The third-order valence-corrected chi connectivity index (χ3v) is 4.43. The molecule has 0 aliphatic heterocycles. The molecule has 0 bridgehead atoms. The highest BCUT2D eigenvalue weighted by atomic mass is 127. The Balaban J connectivity index is 0.00000450. The quantitative estimate of drug-likeness (QED) is 0.172. The molecule has 0 fully saturated rings. The van der Waals surface area contributed by atoms with Crippen molar-refractivity contribution in [3.63, 3.8) is 0 Å². The molecule has 2 rings (SSSR count). The van der Waals surface area contributed by atoms with Crippen molar-refractivity contribution in [2.24, 2.45) is 4.99 Å². The van der Waals surface area contributed by atoms with Gasteiger partial charge in [0.25, 0.3) is 0 Å². The Bertz CT molecular complexity index is 853. The number of nitrogens with zero attached hydrogens (tertiary/aromatic N) is 1. The zero-order chi connectivity index (χ0) is 21.1. The van der Waals surface area contributed by atoms with Crippen LogP contribution < -0.4 is 20.1 Å². The molecule has 8 nitrogen and oxygen atoms in total. The van der Waals surface area contributed by atoms with Gasteiger partial charge in [-0.2, -0.15) is 0 Å². The Hall–Kier alpha value is -1.79. The number of halogens is 1. The van der Waals surface area contributed by atoms with Crippen molar-refractivity contribution in [1.29, 1.82) is 0 Å². The molecule has 2 aromatic rings. The first-order chi connectivity index (χ1) is 13.8. The van der Waals surface area contributed by atoms with Crippen molar-refractivity contribution in [3.8, 4) is 5.75 Å². The van der Waals surface area contributed by atoms with Crippen LogP contribution in [0.1, 0.15) is 26.0 Å². The molecule has 10 heteroatoms. The van der Waals surface area contributed by atoms with Crippen LogP contribution in [0, 0.1) is 0 Å². The minimum atomic E-state index is -3.18. The number of benzene rings is 1. The van der Waals surface area contributed by atoms with E-state index in [4.69, 9.17) is 9.15 Å². The summed E-state index contributed by atoms with van der Waals surface area (Å²) in [5.41, 5.74) is 0.875. The van der Waals surface area contributed by atoms with E-state index in [2.05, 4.69) is 20.3 Å². The molecule has 168 valence electrons. The summed E-state index contributed by atoms with van der Waals surface area (Å²) in [6.07, 6.45) is 4.24. The maximum atomic E-state index is 11.1. The van der Waals surface area contributed by atoms with Gasteiger partial charge in [0, 0.05) is 31.7 Å². The lowest BCUT2D eigenvalue weighted by molar-refractivity contribution is 0.242. The monoisotopic (exact) mass is 550 g/mol. The molecule has 0 unspecified atom stereocenters. The minimum Gasteiger partial charge on any atom is -0.491 e. The number of anilines is 1. The average molecular weight is 550 g/mol. The Labute approximate surface area is 195 Å². The molecule has 1 aromatic heterocycles. The lowest BCUT2D eigenvalue weighted by atomic mass is 10.3. The maximum Gasteiger partial charge on any atom is 0.208 e. The van der Waals surface area contributed by atoms with Gasteiger partial charge in [-0.25, -0.2) is 13.1 Å². The van der Waals surface area contributed by atoms with Crippen LogP contribution in [0.15, 0.2) is 52.1 Å². The van der Waals surface area contributed by atoms with Gasteiger partial charge in [0.1, 0.15) is 11.5 Å². The van der Waals surface area contributed by atoms with Crippen LogP contribution in [0.25, 0.3) is 0 Å². The van der Waals surface area contributed by atoms with Crippen LogP contribution in [0.2, 0.25) is 0 Å². The Morgan fingerprint density at radius 3 is 2.50 bits per heavy atom. The molecule has 0 atom stereocenters. The van der Waals surface area contributed by atoms with Crippen molar-refractivity contribution in [2.75, 3.05) is 31.2 Å². The number of furan rings is 1. The Morgan fingerprint density at radius 2 is 1.90 bits per heavy atom. The van der Waals surface area contributed by atoms with E-state index < -0.39 is 10.0 Å². The Kier molecular flexibility index (Phi) is 11.8. The molecule has 0 radical (unpaired) electrons. The predicted octanol–water partition coefficient (Wildman–Crippen LogP) is 3.22. The number of rotatable bonds is 11. The minimum absolute atomic E-state index is 0. The zero-order valence-corrected chi connectivity index (χ0v) is 20.7. The Morgan fingerprint density at radius 1 is 1.17 bits per heavy atom. The van der Waals surface area contributed by atoms with Crippen LogP contribution in [0.5, 0.6) is 5.75 Å². The number of guanidine groups is 1. The SMILES string of the molecule is CC(C)Oc1ccc(NC(=NCCCNS(C)(=O)=O)NCCc2ccco2)cc1.I. The fourth-order valence-corrected chi connectivity index (χ4v) is 2.97. The van der Waals surface area contributed by atoms with Gasteiger partial charge in [-0.15, -0.1) is 24.0 Å². The van der Waals surface area contributed by atoms with Gasteiger partial charge in [0.15, 0.2) is 5.96 Å². The summed E-state index contributed by atoms with van der Waals surface area (Å²) in [6.45, 7) is 5.45. The molecule has 0 saturated heterocycles. The van der Waals surface area contributed by atoms with Crippen LogP contribution in [-0.2, 0) is 16.4 Å². The molecule has 0 spiro atoms. The van der Waals surface area contributed by atoms with Crippen LogP contribution >= 0.6 is 24.0 Å². The fourth-order valence-electron chi connectivity index (χ4n) is 2.45. The van der Waals surface area contributed by atoms with E-state index in [0.717, 1.165) is 29.9 Å². The normalized spacial score (nSPS) is 11.8. The molecule has 3 N–H and O–H groups in total. The lowest BCUT2D eigenvalue weighted by Gasteiger charge is -2.14. The molecule has 0 aliphatic rings. The van der Waals surface area contributed by atoms with Crippen LogP contribution in [-0.4, -0.2) is 46.4 Å². The first-order valence-electron chi connectivity index (χ1n) is 9.61. The van der Waals surface area contributed by atoms with Crippen molar-refractivity contribution in [3.05, 3.63) is 48.4 Å². The molecule has 0 saturated carbocycles. The second kappa shape index (κ2) is 13.5. The fraction of sp³-hybridized carbons (Fsp3) is 0.450. The van der Waals surface area contributed by atoms with Crippen molar-refractivity contribution < 1.29 is 17.6 Å². The summed E-state index contributed by atoms with van der Waals surface area (Å²) in [7, 11) is -3.18. The van der Waals surface area contributed by atoms with Crippen LogP contribution in [0.4, 0.5) is 5.69 Å². The smallest absolute Gasteiger partial charge is 0.208 e. The summed E-state index contributed by atoms with van der Waals surface area (Å²) >= 11 is 0. The van der Waals surface area contributed by atoms with Gasteiger partial charge in [-0.1, -0.05) is 0 Å². The van der Waals surface area contributed by atoms with E-state index in [1.54, 1.807) is 6.26 Å². The molecule has 30 heavy (non-hydrogen) atoms. The molecule has 0 amide bonds. The zero-order valence-electron chi connectivity index (χ0n) is 17.6. The topological polar surface area (TPSA) is 105 Å². The van der Waals surface area contributed by atoms with Crippen LogP contribution in [0.3, 0.4) is 0 Å². The highest BCUT2D eigenvalue weighted by Gasteiger charge is 2.04. The standard InChI is InChI=1S/C20H30N4O4S.HI/c1-16(2)28-19-9-7-17(8-10-19)24-20(21-12-5-13-23-29(3,25)26)22-14-11-18-6-4-15-27-18;/h4,6-10,15-16,23H,5,11-14H2,1-3H3,(H2,21,22,24);1H. The summed E-state index contributed by atoms with van der Waals surface area (Å²) in [5, 5.41) is 6.53. The molecular weight excluding hydrogens is 519 g/mol. The largest absolute Gasteiger partial charge is 0.491 e. The number of hydrogen-bond acceptors (Lipinski definition) is 5. The van der Waals surface area contributed by atoms with Gasteiger partial charge in [-0.3, -0.25) is 4.99 Å². The van der Waals surface area contributed by atoms with E-state index in [9.17, 15) is 8.42 Å². The second-order valence-electron chi connectivity index (χ2n) is 6.82. The van der Waals surface area contributed by atoms with Crippen molar-refractivity contribution >= 4 is 45.6 Å². The van der Waals surface area contributed by atoms with E-state index in [-0.39, 0.29) is 30.1 Å². The third-order valence-electron chi connectivity index (χ3n) is 3.70. The number of aliphatic imine (C=N–C) groups is 1. The second-order valence-corrected chi connectivity index (χ2v) is 8.66. The number of ether oxygens (including phenoxy) is 1. The predicted molar refractivity (Wildman–Crippen MR) is 131 cm³/mol. The van der Waals surface area contributed by atoms with E-state index >= 15 is 0 Å². The highest BCUT2D eigenvalue weighted by Crippen LogP contribution is 2.16. The van der Waals surface area contributed by atoms with Gasteiger partial charge >= 0.3 is 0 Å². The molecular formula is C20H31IN4O4S. The van der Waals surface area contributed by atoms with E-state index in [1.807, 2.05) is 50.2 Å². The molecule has 1 heterocycles. The first-order valence-corrected chi connectivity index (χ1v) is 11.5. The number of nitrogens with one attached hydrogen (secondary N) is 3. The summed E-state index contributed by atoms with van der Waals surface area (Å²) in [5.74, 6) is 2.32.